The summed E-state index contributed by atoms with van der Waals surface area (Å²) in [4.78, 5) is 13.1. The SMILES string of the molecule is Fc1ccc([C@H]2CN(c3cc(N4CCCC4)ncn3)CCO2)c(F)c1. The van der Waals surface area contributed by atoms with Gasteiger partial charge in [-0.15, -0.1) is 0 Å². The summed E-state index contributed by atoms with van der Waals surface area (Å²) in [5, 5.41) is 0. The van der Waals surface area contributed by atoms with Crippen molar-refractivity contribution in [3.63, 3.8) is 0 Å². The van der Waals surface area contributed by atoms with Gasteiger partial charge in [-0.2, -0.15) is 0 Å². The molecule has 0 spiro atoms. The Kier molecular flexibility index (Phi) is 4.48. The van der Waals surface area contributed by atoms with Gasteiger partial charge in [-0.3, -0.25) is 0 Å². The number of aromatic nitrogens is 2. The maximum Gasteiger partial charge on any atom is 0.134 e. The van der Waals surface area contributed by atoms with Crippen molar-refractivity contribution in [3.05, 3.63) is 47.8 Å². The minimum atomic E-state index is -0.583. The highest BCUT2D eigenvalue weighted by atomic mass is 19.1. The van der Waals surface area contributed by atoms with Crippen LogP contribution in [0.15, 0.2) is 30.6 Å². The molecule has 1 aromatic carbocycles. The van der Waals surface area contributed by atoms with Crippen LogP contribution < -0.4 is 9.80 Å². The van der Waals surface area contributed by atoms with Crippen molar-refractivity contribution >= 4 is 11.6 Å². The molecule has 7 heteroatoms. The third-order valence-electron chi connectivity index (χ3n) is 4.77. The van der Waals surface area contributed by atoms with Crippen LogP contribution in [0.2, 0.25) is 0 Å². The molecule has 1 atom stereocenters. The lowest BCUT2D eigenvalue weighted by Gasteiger charge is -2.34. The van der Waals surface area contributed by atoms with Crippen molar-refractivity contribution in [1.82, 2.24) is 9.97 Å². The zero-order chi connectivity index (χ0) is 17.2. The molecule has 0 radical (unpaired) electrons. The smallest absolute Gasteiger partial charge is 0.134 e. The van der Waals surface area contributed by atoms with Crippen LogP contribution in [0, 0.1) is 11.6 Å². The first-order valence-electron chi connectivity index (χ1n) is 8.59. The van der Waals surface area contributed by atoms with Crippen molar-refractivity contribution in [3.8, 4) is 0 Å². The molecule has 1 aromatic heterocycles. The first-order chi connectivity index (χ1) is 12.2. The van der Waals surface area contributed by atoms with Crippen molar-refractivity contribution in [2.24, 2.45) is 0 Å². The van der Waals surface area contributed by atoms with E-state index in [1.54, 1.807) is 6.33 Å². The van der Waals surface area contributed by atoms with Crippen LogP contribution in [-0.2, 0) is 4.74 Å². The zero-order valence-electron chi connectivity index (χ0n) is 13.9. The minimum absolute atomic E-state index is 0.375. The summed E-state index contributed by atoms with van der Waals surface area (Å²) in [6.07, 6.45) is 3.50. The van der Waals surface area contributed by atoms with Crippen molar-refractivity contribution in [2.75, 3.05) is 42.6 Å². The van der Waals surface area contributed by atoms with Crippen molar-refractivity contribution in [1.29, 1.82) is 0 Å². The molecule has 25 heavy (non-hydrogen) atoms. The predicted molar refractivity (Wildman–Crippen MR) is 90.7 cm³/mol. The lowest BCUT2D eigenvalue weighted by molar-refractivity contribution is 0.0372. The number of nitrogens with zero attached hydrogens (tertiary/aromatic N) is 4. The molecular formula is C18H20F2N4O. The van der Waals surface area contributed by atoms with E-state index in [0.717, 1.165) is 30.8 Å². The summed E-state index contributed by atoms with van der Waals surface area (Å²) in [7, 11) is 0. The Bertz CT molecular complexity index is 752. The average molecular weight is 346 g/mol. The molecule has 0 N–H and O–H groups in total. The second-order valence-electron chi connectivity index (χ2n) is 6.40. The number of anilines is 2. The summed E-state index contributed by atoms with van der Waals surface area (Å²) in [5.41, 5.74) is 0.375. The number of benzene rings is 1. The Hall–Kier alpha value is -2.28. The second-order valence-corrected chi connectivity index (χ2v) is 6.40. The third kappa shape index (κ3) is 3.42. The molecule has 2 aromatic rings. The number of halogens is 2. The summed E-state index contributed by atoms with van der Waals surface area (Å²) in [6, 6.07) is 5.59. The number of hydrogen-bond acceptors (Lipinski definition) is 5. The van der Waals surface area contributed by atoms with Crippen LogP contribution >= 0.6 is 0 Å². The van der Waals surface area contributed by atoms with Gasteiger partial charge in [-0.05, 0) is 18.9 Å². The van der Waals surface area contributed by atoms with E-state index < -0.39 is 17.7 Å². The van der Waals surface area contributed by atoms with E-state index in [1.807, 2.05) is 6.07 Å². The van der Waals surface area contributed by atoms with Gasteiger partial charge in [0, 0.05) is 43.9 Å². The molecule has 2 fully saturated rings. The largest absolute Gasteiger partial charge is 0.370 e. The van der Waals surface area contributed by atoms with Gasteiger partial charge in [-0.25, -0.2) is 18.7 Å². The highest BCUT2D eigenvalue weighted by Gasteiger charge is 2.26. The zero-order valence-corrected chi connectivity index (χ0v) is 13.9. The van der Waals surface area contributed by atoms with Crippen LogP contribution in [0.5, 0.6) is 0 Å². The van der Waals surface area contributed by atoms with Crippen LogP contribution in [-0.4, -0.2) is 42.8 Å². The van der Waals surface area contributed by atoms with Crippen molar-refractivity contribution < 1.29 is 13.5 Å². The standard InChI is InChI=1S/C18H20F2N4O/c19-13-3-4-14(15(20)9-13)16-11-24(7-8-25-16)18-10-17(21-12-22-18)23-5-1-2-6-23/h3-4,9-10,12,16H,1-2,5-8,11H2/t16-/m1/s1. The molecule has 132 valence electrons. The molecular weight excluding hydrogens is 326 g/mol. The number of hydrogen-bond donors (Lipinski definition) is 0. The summed E-state index contributed by atoms with van der Waals surface area (Å²) >= 11 is 0. The first kappa shape index (κ1) is 16.2. The fourth-order valence-corrected chi connectivity index (χ4v) is 3.44. The molecule has 2 saturated heterocycles. The molecule has 0 amide bonds. The van der Waals surface area contributed by atoms with E-state index in [4.69, 9.17) is 4.74 Å². The fourth-order valence-electron chi connectivity index (χ4n) is 3.44. The predicted octanol–water partition coefficient (Wildman–Crippen LogP) is 2.93. The van der Waals surface area contributed by atoms with Gasteiger partial charge in [0.1, 0.15) is 35.7 Å². The summed E-state index contributed by atoms with van der Waals surface area (Å²) in [6.45, 7) is 3.64. The molecule has 2 aliphatic heterocycles. The van der Waals surface area contributed by atoms with Crippen molar-refractivity contribution in [2.45, 2.75) is 18.9 Å². The topological polar surface area (TPSA) is 41.5 Å². The van der Waals surface area contributed by atoms with E-state index in [9.17, 15) is 8.78 Å². The van der Waals surface area contributed by atoms with Crippen LogP contribution in [0.3, 0.4) is 0 Å². The lowest BCUT2D eigenvalue weighted by Crippen LogP contribution is -2.39. The van der Waals surface area contributed by atoms with Gasteiger partial charge in [0.25, 0.3) is 0 Å². The molecule has 5 nitrogen and oxygen atoms in total. The average Bonchev–Trinajstić information content (AvgIpc) is 3.17. The Morgan fingerprint density at radius 1 is 0.960 bits per heavy atom. The van der Waals surface area contributed by atoms with Crippen LogP contribution in [0.4, 0.5) is 20.4 Å². The molecule has 4 rings (SSSR count). The van der Waals surface area contributed by atoms with E-state index in [2.05, 4.69) is 19.8 Å². The highest BCUT2D eigenvalue weighted by molar-refractivity contribution is 5.51. The normalized spacial score (nSPS) is 21.0. The van der Waals surface area contributed by atoms with Crippen LogP contribution in [0.25, 0.3) is 0 Å². The summed E-state index contributed by atoms with van der Waals surface area (Å²) in [5.74, 6) is 0.582. The third-order valence-corrected chi connectivity index (χ3v) is 4.77. The van der Waals surface area contributed by atoms with Gasteiger partial charge >= 0.3 is 0 Å². The number of rotatable bonds is 3. The maximum atomic E-state index is 14.1. The van der Waals surface area contributed by atoms with E-state index >= 15 is 0 Å². The second kappa shape index (κ2) is 6.92. The van der Waals surface area contributed by atoms with Gasteiger partial charge in [0.2, 0.25) is 0 Å². The molecule has 0 unspecified atom stereocenters. The Balaban J connectivity index is 1.54. The van der Waals surface area contributed by atoms with Crippen LogP contribution in [0.1, 0.15) is 24.5 Å². The van der Waals surface area contributed by atoms with E-state index in [1.165, 1.54) is 25.0 Å². The Morgan fingerprint density at radius 3 is 2.48 bits per heavy atom. The lowest BCUT2D eigenvalue weighted by atomic mass is 10.1. The number of morpholine rings is 1. The highest BCUT2D eigenvalue weighted by Crippen LogP contribution is 2.28. The van der Waals surface area contributed by atoms with Gasteiger partial charge in [0.15, 0.2) is 0 Å². The van der Waals surface area contributed by atoms with E-state index in [-0.39, 0.29) is 0 Å². The van der Waals surface area contributed by atoms with Gasteiger partial charge in [-0.1, -0.05) is 6.07 Å². The maximum absolute atomic E-state index is 14.1. The van der Waals surface area contributed by atoms with Gasteiger partial charge < -0.3 is 14.5 Å². The quantitative estimate of drug-likeness (QED) is 0.855. The molecule has 0 aliphatic carbocycles. The molecule has 0 saturated carbocycles. The fraction of sp³-hybridized carbons (Fsp3) is 0.444. The molecule has 0 bridgehead atoms. The Morgan fingerprint density at radius 2 is 1.72 bits per heavy atom. The van der Waals surface area contributed by atoms with E-state index in [0.29, 0.717) is 25.3 Å². The molecule has 3 heterocycles. The Labute approximate surface area is 145 Å². The number of ether oxygens (including phenoxy) is 1. The minimum Gasteiger partial charge on any atom is -0.370 e. The summed E-state index contributed by atoms with van der Waals surface area (Å²) < 4.78 is 32.9. The monoisotopic (exact) mass is 346 g/mol. The van der Waals surface area contributed by atoms with Gasteiger partial charge in [0.05, 0.1) is 6.61 Å². The first-order valence-corrected chi connectivity index (χ1v) is 8.59. The molecule has 2 aliphatic rings.